The lowest BCUT2D eigenvalue weighted by molar-refractivity contribution is -0.141. The molecular formula is C30H38F3NO3. The molecule has 1 N–H and O–H groups in total. The standard InChI is InChI=1S/C30H38F3NO3/c1-29(2,3)22-10-13-25(14-11-22)37-27-15-9-20(18-26(27)30(31,32)33)19-6-5-7-23(16-19)34(4)24-12-8-21(17-24)28(35)36/h5-7,9,15-16,18,21-22,24-25H,8,10-14,17H2,1-4H3,(H,35,36)/t21?,22-,24?,25-. The largest absolute Gasteiger partial charge is 0.490 e. The molecule has 0 spiro atoms. The minimum Gasteiger partial charge on any atom is -0.490 e. The lowest BCUT2D eigenvalue weighted by Gasteiger charge is -2.37. The van der Waals surface area contributed by atoms with E-state index < -0.39 is 17.7 Å². The first-order valence-corrected chi connectivity index (χ1v) is 13.3. The van der Waals surface area contributed by atoms with Gasteiger partial charge in [0, 0.05) is 18.8 Å². The first kappa shape index (κ1) is 27.3. The predicted octanol–water partition coefficient (Wildman–Crippen LogP) is 8.05. The molecule has 0 aliphatic heterocycles. The van der Waals surface area contributed by atoms with Crippen molar-refractivity contribution in [3.63, 3.8) is 0 Å². The van der Waals surface area contributed by atoms with Gasteiger partial charge in [-0.2, -0.15) is 13.2 Å². The number of nitrogens with zero attached hydrogens (tertiary/aromatic N) is 1. The van der Waals surface area contributed by atoms with Gasteiger partial charge in [-0.3, -0.25) is 4.79 Å². The summed E-state index contributed by atoms with van der Waals surface area (Å²) in [7, 11) is 1.92. The lowest BCUT2D eigenvalue weighted by atomic mass is 9.72. The van der Waals surface area contributed by atoms with Crippen molar-refractivity contribution >= 4 is 11.7 Å². The van der Waals surface area contributed by atoms with Crippen LogP contribution in [0.4, 0.5) is 18.9 Å². The zero-order chi connectivity index (χ0) is 27.0. The van der Waals surface area contributed by atoms with Gasteiger partial charge in [-0.05, 0) is 91.7 Å². The number of hydrogen-bond acceptors (Lipinski definition) is 3. The molecule has 0 aromatic heterocycles. The summed E-state index contributed by atoms with van der Waals surface area (Å²) in [5, 5.41) is 9.32. The summed E-state index contributed by atoms with van der Waals surface area (Å²) in [5.41, 5.74) is 1.46. The molecule has 4 rings (SSSR count). The molecule has 0 amide bonds. The Hall–Kier alpha value is -2.70. The average Bonchev–Trinajstić information content (AvgIpc) is 3.34. The molecule has 0 bridgehead atoms. The van der Waals surface area contributed by atoms with Gasteiger partial charge in [0.1, 0.15) is 5.75 Å². The van der Waals surface area contributed by atoms with Crippen LogP contribution in [0, 0.1) is 17.3 Å². The van der Waals surface area contributed by atoms with Crippen LogP contribution in [0.25, 0.3) is 11.1 Å². The minimum atomic E-state index is -4.53. The van der Waals surface area contributed by atoms with E-state index in [0.717, 1.165) is 37.8 Å². The Morgan fingerprint density at radius 2 is 1.62 bits per heavy atom. The quantitative estimate of drug-likeness (QED) is 0.421. The number of halogens is 3. The van der Waals surface area contributed by atoms with E-state index in [2.05, 4.69) is 20.8 Å². The van der Waals surface area contributed by atoms with Crippen LogP contribution in [0.3, 0.4) is 0 Å². The summed E-state index contributed by atoms with van der Waals surface area (Å²) in [5.74, 6) is -0.661. The number of benzene rings is 2. The number of carboxylic acids is 1. The molecule has 0 heterocycles. The Morgan fingerprint density at radius 1 is 0.946 bits per heavy atom. The molecule has 2 unspecified atom stereocenters. The second kappa shape index (κ2) is 10.6. The highest BCUT2D eigenvalue weighted by Gasteiger charge is 2.37. The number of carbonyl (C=O) groups is 1. The van der Waals surface area contributed by atoms with Crippen LogP contribution in [0.2, 0.25) is 0 Å². The summed E-state index contributed by atoms with van der Waals surface area (Å²) >= 11 is 0. The minimum absolute atomic E-state index is 0.0891. The molecule has 2 atom stereocenters. The SMILES string of the molecule is CN(c1cccc(-c2ccc(O[C@H]3CC[C@H](C(C)(C)C)CC3)c(C(F)(F)F)c2)c1)C1CCC(C(=O)O)C1. The van der Waals surface area contributed by atoms with Crippen LogP contribution >= 0.6 is 0 Å². The average molecular weight is 518 g/mol. The van der Waals surface area contributed by atoms with Gasteiger partial charge < -0.3 is 14.7 Å². The third kappa shape index (κ3) is 6.42. The summed E-state index contributed by atoms with van der Waals surface area (Å²) in [6.07, 6.45) is 0.694. The summed E-state index contributed by atoms with van der Waals surface area (Å²) in [6, 6.07) is 11.8. The van der Waals surface area contributed by atoms with Crippen LogP contribution in [-0.4, -0.2) is 30.3 Å². The van der Waals surface area contributed by atoms with Crippen molar-refractivity contribution in [3.05, 3.63) is 48.0 Å². The van der Waals surface area contributed by atoms with Gasteiger partial charge in [0.25, 0.3) is 0 Å². The van der Waals surface area contributed by atoms with Gasteiger partial charge >= 0.3 is 12.1 Å². The molecule has 7 heteroatoms. The Labute approximate surface area is 217 Å². The van der Waals surface area contributed by atoms with Crippen LogP contribution < -0.4 is 9.64 Å². The van der Waals surface area contributed by atoms with Crippen LogP contribution in [0.5, 0.6) is 5.75 Å². The fourth-order valence-electron chi connectivity index (χ4n) is 5.91. The van der Waals surface area contributed by atoms with E-state index in [1.54, 1.807) is 12.1 Å². The fraction of sp³-hybridized carbons (Fsp3) is 0.567. The first-order valence-electron chi connectivity index (χ1n) is 13.3. The van der Waals surface area contributed by atoms with Gasteiger partial charge in [0.15, 0.2) is 0 Å². The maximum atomic E-state index is 14.1. The molecule has 0 radical (unpaired) electrons. The van der Waals surface area contributed by atoms with E-state index in [1.165, 1.54) is 12.1 Å². The molecule has 2 aromatic carbocycles. The number of carboxylic acid groups (broad SMARTS) is 1. The van der Waals surface area contributed by atoms with Crippen molar-refractivity contribution < 1.29 is 27.8 Å². The Kier molecular flexibility index (Phi) is 7.82. The van der Waals surface area contributed by atoms with Crippen molar-refractivity contribution in [1.29, 1.82) is 0 Å². The number of anilines is 1. The molecule has 202 valence electrons. The Morgan fingerprint density at radius 3 is 2.22 bits per heavy atom. The lowest BCUT2D eigenvalue weighted by Crippen LogP contribution is -2.30. The number of rotatable bonds is 6. The highest BCUT2D eigenvalue weighted by Crippen LogP contribution is 2.43. The Balaban J connectivity index is 1.52. The van der Waals surface area contributed by atoms with Crippen molar-refractivity contribution in [3.8, 4) is 16.9 Å². The van der Waals surface area contributed by atoms with E-state index in [-0.39, 0.29) is 29.2 Å². The van der Waals surface area contributed by atoms with E-state index in [9.17, 15) is 23.1 Å². The van der Waals surface area contributed by atoms with Gasteiger partial charge in [0.05, 0.1) is 17.6 Å². The van der Waals surface area contributed by atoms with Crippen molar-refractivity contribution in [2.24, 2.45) is 17.3 Å². The van der Waals surface area contributed by atoms with Gasteiger partial charge in [0.2, 0.25) is 0 Å². The van der Waals surface area contributed by atoms with E-state index in [1.807, 2.05) is 30.1 Å². The molecule has 0 saturated heterocycles. The van der Waals surface area contributed by atoms with E-state index in [4.69, 9.17) is 4.74 Å². The molecule has 2 saturated carbocycles. The molecule has 2 aromatic rings. The van der Waals surface area contributed by atoms with Crippen molar-refractivity contribution in [1.82, 2.24) is 0 Å². The zero-order valence-corrected chi connectivity index (χ0v) is 22.1. The van der Waals surface area contributed by atoms with Crippen molar-refractivity contribution in [2.45, 2.75) is 84.0 Å². The van der Waals surface area contributed by atoms with Gasteiger partial charge in [-0.1, -0.05) is 39.0 Å². The fourth-order valence-corrected chi connectivity index (χ4v) is 5.91. The first-order chi connectivity index (χ1) is 17.3. The topological polar surface area (TPSA) is 49.8 Å². The second-order valence-corrected chi connectivity index (χ2v) is 11.8. The molecule has 2 aliphatic carbocycles. The van der Waals surface area contributed by atoms with Crippen LogP contribution in [0.15, 0.2) is 42.5 Å². The Bertz CT molecular complexity index is 1100. The molecular weight excluding hydrogens is 479 g/mol. The molecule has 4 nitrogen and oxygen atoms in total. The number of hydrogen-bond donors (Lipinski definition) is 1. The summed E-state index contributed by atoms with van der Waals surface area (Å²) < 4.78 is 48.2. The smallest absolute Gasteiger partial charge is 0.419 e. The molecule has 2 fully saturated rings. The predicted molar refractivity (Wildman–Crippen MR) is 140 cm³/mol. The highest BCUT2D eigenvalue weighted by molar-refractivity contribution is 5.72. The monoisotopic (exact) mass is 517 g/mol. The third-order valence-electron chi connectivity index (χ3n) is 8.37. The van der Waals surface area contributed by atoms with E-state index in [0.29, 0.717) is 29.9 Å². The molecule has 2 aliphatic rings. The third-order valence-corrected chi connectivity index (χ3v) is 8.37. The maximum absolute atomic E-state index is 14.1. The van der Waals surface area contributed by atoms with Crippen LogP contribution in [0.1, 0.15) is 71.3 Å². The zero-order valence-electron chi connectivity index (χ0n) is 22.1. The van der Waals surface area contributed by atoms with Crippen LogP contribution in [-0.2, 0) is 11.0 Å². The second-order valence-electron chi connectivity index (χ2n) is 11.8. The number of alkyl halides is 3. The van der Waals surface area contributed by atoms with Crippen molar-refractivity contribution in [2.75, 3.05) is 11.9 Å². The summed E-state index contributed by atoms with van der Waals surface area (Å²) in [4.78, 5) is 13.4. The highest BCUT2D eigenvalue weighted by atomic mass is 19.4. The summed E-state index contributed by atoms with van der Waals surface area (Å²) in [6.45, 7) is 6.64. The molecule has 37 heavy (non-hydrogen) atoms. The maximum Gasteiger partial charge on any atom is 0.419 e. The number of aliphatic carboxylic acids is 1. The normalized spacial score (nSPS) is 24.6. The number of ether oxygens (including phenoxy) is 1. The van der Waals surface area contributed by atoms with Gasteiger partial charge in [-0.25, -0.2) is 0 Å². The van der Waals surface area contributed by atoms with E-state index >= 15 is 0 Å². The van der Waals surface area contributed by atoms with Gasteiger partial charge in [-0.15, -0.1) is 0 Å².